The maximum atomic E-state index is 12.6. The fourth-order valence-electron chi connectivity index (χ4n) is 6.14. The number of aromatic hydroxyl groups is 1. The molecular formula is C19H21NO4. The van der Waals surface area contributed by atoms with Crippen molar-refractivity contribution in [2.45, 2.75) is 24.3 Å². The Bertz CT molecular complexity index is 816. The van der Waals surface area contributed by atoms with Gasteiger partial charge in [0.2, 0.25) is 0 Å². The predicted molar refractivity (Wildman–Crippen MR) is 87.1 cm³/mol. The van der Waals surface area contributed by atoms with Gasteiger partial charge in [-0.1, -0.05) is 6.07 Å². The van der Waals surface area contributed by atoms with Gasteiger partial charge in [-0.05, 0) is 37.1 Å². The molecule has 1 unspecified atom stereocenters. The van der Waals surface area contributed by atoms with E-state index in [9.17, 15) is 9.90 Å². The lowest BCUT2D eigenvalue weighted by Gasteiger charge is -2.40. The number of phenolic OH excluding ortho intramolecular Hbond substituents is 1. The largest absolute Gasteiger partial charge is 0.504 e. The van der Waals surface area contributed by atoms with E-state index in [2.05, 4.69) is 11.9 Å². The van der Waals surface area contributed by atoms with E-state index >= 15 is 0 Å². The van der Waals surface area contributed by atoms with Crippen molar-refractivity contribution in [1.29, 1.82) is 0 Å². The molecule has 1 saturated carbocycles. The van der Waals surface area contributed by atoms with Crippen LogP contribution >= 0.6 is 0 Å². The molecule has 4 atom stereocenters. The van der Waals surface area contributed by atoms with E-state index in [1.165, 1.54) is 0 Å². The van der Waals surface area contributed by atoms with Crippen molar-refractivity contribution in [2.24, 2.45) is 11.3 Å². The quantitative estimate of drug-likeness (QED) is 0.895. The molecule has 1 aromatic rings. The highest BCUT2D eigenvalue weighted by molar-refractivity contribution is 5.98. The summed E-state index contributed by atoms with van der Waals surface area (Å²) in [5, 5.41) is 10.9. The Morgan fingerprint density at radius 3 is 2.79 bits per heavy atom. The number of piperidine rings is 1. The van der Waals surface area contributed by atoms with Crippen LogP contribution in [0.4, 0.5) is 0 Å². The van der Waals surface area contributed by atoms with Crippen LogP contribution in [0.15, 0.2) is 24.0 Å². The van der Waals surface area contributed by atoms with E-state index in [0.29, 0.717) is 29.9 Å². The number of rotatable bonds is 2. The van der Waals surface area contributed by atoms with E-state index < -0.39 is 0 Å². The third-order valence-electron chi connectivity index (χ3n) is 6.94. The van der Waals surface area contributed by atoms with E-state index in [0.717, 1.165) is 24.1 Å². The van der Waals surface area contributed by atoms with Gasteiger partial charge in [-0.3, -0.25) is 4.79 Å². The van der Waals surface area contributed by atoms with Gasteiger partial charge >= 0.3 is 0 Å². The van der Waals surface area contributed by atoms with Gasteiger partial charge in [0.15, 0.2) is 23.0 Å². The average Bonchev–Trinajstić information content (AvgIpc) is 3.02. The molecule has 0 bridgehead atoms. The van der Waals surface area contributed by atoms with Gasteiger partial charge in [0.1, 0.15) is 0 Å². The zero-order chi connectivity index (χ0) is 16.9. The topological polar surface area (TPSA) is 59.0 Å². The van der Waals surface area contributed by atoms with Crippen LogP contribution in [-0.4, -0.2) is 49.6 Å². The van der Waals surface area contributed by atoms with Crippen LogP contribution in [0, 0.1) is 11.3 Å². The Labute approximate surface area is 140 Å². The summed E-state index contributed by atoms with van der Waals surface area (Å²) in [6.45, 7) is 0.901. The summed E-state index contributed by atoms with van der Waals surface area (Å²) in [5.41, 5.74) is 1.68. The molecule has 1 saturated heterocycles. The van der Waals surface area contributed by atoms with Gasteiger partial charge in [0.25, 0.3) is 0 Å². The molecule has 1 heterocycles. The predicted octanol–water partition coefficient (Wildman–Crippen LogP) is 1.63. The summed E-state index contributed by atoms with van der Waals surface area (Å²) in [4.78, 5) is 15.0. The fourth-order valence-corrected chi connectivity index (χ4v) is 6.14. The highest BCUT2D eigenvalue weighted by Crippen LogP contribution is 2.82. The second-order valence-corrected chi connectivity index (χ2v) is 7.64. The van der Waals surface area contributed by atoms with Crippen LogP contribution in [0.5, 0.6) is 11.5 Å². The fraction of sp³-hybridized carbons (Fsp3) is 0.526. The standard InChI is InChI=1S/C19H21NO4/c1-20-9-18-8-14(24-3)12(21)7-19(18)15-10(6-11(20)17(18)19)4-5-13(23-2)16(15)22/h4-5,8,11,17,22H,6-7,9H2,1-3H3/t11-,17-,18?,19+/m0/s1. The molecule has 0 amide bonds. The lowest BCUT2D eigenvalue weighted by atomic mass is 9.71. The number of hydrogen-bond acceptors (Lipinski definition) is 5. The summed E-state index contributed by atoms with van der Waals surface area (Å²) < 4.78 is 10.7. The molecule has 24 heavy (non-hydrogen) atoms. The zero-order valence-electron chi connectivity index (χ0n) is 14.1. The number of likely N-dealkylation sites (N-methyl/N-ethyl adjacent to an activating group) is 1. The van der Waals surface area contributed by atoms with Crippen LogP contribution < -0.4 is 4.74 Å². The molecule has 2 spiro atoms. The van der Waals surface area contributed by atoms with Crippen LogP contribution in [0.25, 0.3) is 0 Å². The SMILES string of the molecule is COC1=CC23CN(C)[C@H]4Cc5ccc(OC)c(O)c5[C@]2(CC1=O)[C@@H]43. The summed E-state index contributed by atoms with van der Waals surface area (Å²) >= 11 is 0. The number of nitrogens with zero attached hydrogens (tertiary/aromatic N) is 1. The monoisotopic (exact) mass is 327 g/mol. The van der Waals surface area contributed by atoms with E-state index in [1.807, 2.05) is 18.2 Å². The van der Waals surface area contributed by atoms with Gasteiger partial charge < -0.3 is 19.5 Å². The summed E-state index contributed by atoms with van der Waals surface area (Å²) in [6, 6.07) is 4.29. The van der Waals surface area contributed by atoms with Gasteiger partial charge in [-0.25, -0.2) is 0 Å². The minimum absolute atomic E-state index is 0.0361. The molecule has 3 aliphatic carbocycles. The summed E-state index contributed by atoms with van der Waals surface area (Å²) in [5.74, 6) is 1.58. The van der Waals surface area contributed by atoms with Crippen LogP contribution in [0.2, 0.25) is 0 Å². The molecule has 1 N–H and O–H groups in total. The van der Waals surface area contributed by atoms with Crippen molar-refractivity contribution >= 4 is 5.78 Å². The number of ketones is 1. The molecule has 5 nitrogen and oxygen atoms in total. The summed E-state index contributed by atoms with van der Waals surface area (Å²) in [6.07, 6.45) is 3.37. The van der Waals surface area contributed by atoms with Crippen molar-refractivity contribution in [3.8, 4) is 11.5 Å². The third kappa shape index (κ3) is 1.28. The Morgan fingerprint density at radius 1 is 1.29 bits per heavy atom. The first-order valence-electron chi connectivity index (χ1n) is 8.40. The molecule has 5 rings (SSSR count). The number of fused-ring (bicyclic) bond motifs is 1. The zero-order valence-corrected chi connectivity index (χ0v) is 14.1. The van der Waals surface area contributed by atoms with Crippen molar-refractivity contribution in [3.05, 3.63) is 35.1 Å². The number of allylic oxidation sites excluding steroid dienone is 1. The van der Waals surface area contributed by atoms with Gasteiger partial charge in [0, 0.05) is 35.4 Å². The molecule has 2 fully saturated rings. The number of methoxy groups -OCH3 is 2. The lowest BCUT2D eigenvalue weighted by Crippen LogP contribution is -2.44. The van der Waals surface area contributed by atoms with E-state index in [-0.39, 0.29) is 22.4 Å². The third-order valence-corrected chi connectivity index (χ3v) is 6.94. The normalized spacial score (nSPS) is 38.8. The van der Waals surface area contributed by atoms with E-state index in [1.54, 1.807) is 14.2 Å². The smallest absolute Gasteiger partial charge is 0.197 e. The van der Waals surface area contributed by atoms with E-state index in [4.69, 9.17) is 9.47 Å². The number of carbonyl (C=O) groups is 1. The molecular weight excluding hydrogens is 306 g/mol. The molecule has 0 radical (unpaired) electrons. The van der Waals surface area contributed by atoms with Gasteiger partial charge in [-0.2, -0.15) is 0 Å². The maximum Gasteiger partial charge on any atom is 0.197 e. The van der Waals surface area contributed by atoms with Crippen molar-refractivity contribution in [2.75, 3.05) is 27.8 Å². The number of Topliss-reactive ketones (excluding diaryl/α,β-unsaturated/α-hetero) is 1. The first-order chi connectivity index (χ1) is 11.5. The second kappa shape index (κ2) is 4.14. The Hall–Kier alpha value is -2.01. The Morgan fingerprint density at radius 2 is 2.08 bits per heavy atom. The molecule has 0 aromatic heterocycles. The maximum absolute atomic E-state index is 12.6. The number of phenols is 1. The van der Waals surface area contributed by atoms with Crippen molar-refractivity contribution in [1.82, 2.24) is 4.90 Å². The first kappa shape index (κ1) is 14.3. The lowest BCUT2D eigenvalue weighted by molar-refractivity contribution is -0.120. The minimum Gasteiger partial charge on any atom is -0.504 e. The molecule has 1 aliphatic heterocycles. The van der Waals surface area contributed by atoms with Crippen molar-refractivity contribution < 1.29 is 19.4 Å². The minimum atomic E-state index is -0.296. The highest BCUT2D eigenvalue weighted by Gasteiger charge is 2.85. The van der Waals surface area contributed by atoms with Crippen molar-refractivity contribution in [3.63, 3.8) is 0 Å². The van der Waals surface area contributed by atoms with Crippen LogP contribution in [-0.2, 0) is 21.4 Å². The van der Waals surface area contributed by atoms with Gasteiger partial charge in [-0.15, -0.1) is 0 Å². The Balaban J connectivity index is 1.79. The number of hydrogen-bond donors (Lipinski definition) is 1. The molecule has 1 aromatic carbocycles. The number of likely N-dealkylation sites (tertiary alicyclic amines) is 1. The molecule has 4 aliphatic rings. The number of ether oxygens (including phenoxy) is 2. The van der Waals surface area contributed by atoms with Crippen LogP contribution in [0.1, 0.15) is 17.5 Å². The number of benzene rings is 1. The second-order valence-electron chi connectivity index (χ2n) is 7.64. The Kier molecular flexibility index (Phi) is 2.48. The van der Waals surface area contributed by atoms with Crippen LogP contribution in [0.3, 0.4) is 0 Å². The number of carbonyl (C=O) groups excluding carboxylic acids is 1. The summed E-state index contributed by atoms with van der Waals surface area (Å²) in [7, 11) is 5.29. The van der Waals surface area contributed by atoms with Gasteiger partial charge in [0.05, 0.1) is 14.2 Å². The molecule has 5 heteroatoms. The average molecular weight is 327 g/mol. The molecule has 126 valence electrons. The first-order valence-corrected chi connectivity index (χ1v) is 8.40. The highest BCUT2D eigenvalue weighted by atomic mass is 16.5.